The number of fused-ring (bicyclic) bond motifs is 4. The molecule has 4 heteroatoms. The Labute approximate surface area is 257 Å². The molecule has 0 aliphatic carbocycles. The number of hydrogen-bond acceptors (Lipinski definition) is 4. The van der Waals surface area contributed by atoms with Gasteiger partial charge in [-0.1, -0.05) is 132 Å². The van der Waals surface area contributed by atoms with Gasteiger partial charge in [-0.2, -0.15) is 0 Å². The van der Waals surface area contributed by atoms with Crippen LogP contribution < -0.4 is 9.47 Å². The van der Waals surface area contributed by atoms with E-state index in [4.69, 9.17) is 19.2 Å². The van der Waals surface area contributed by atoms with Gasteiger partial charge < -0.3 is 9.47 Å². The van der Waals surface area contributed by atoms with Crippen molar-refractivity contribution in [1.82, 2.24) is 0 Å². The van der Waals surface area contributed by atoms with Gasteiger partial charge in [0.05, 0.1) is 0 Å². The highest BCUT2D eigenvalue weighted by Crippen LogP contribution is 2.57. The third kappa shape index (κ3) is 3.92. The van der Waals surface area contributed by atoms with Crippen LogP contribution in [0.2, 0.25) is 0 Å². The molecule has 0 saturated carbocycles. The predicted octanol–water partition coefficient (Wildman–Crippen LogP) is 9.75. The van der Waals surface area contributed by atoms with E-state index in [2.05, 4.69) is 86.6 Å². The second-order valence-electron chi connectivity index (χ2n) is 11.4. The van der Waals surface area contributed by atoms with Crippen molar-refractivity contribution in [3.63, 3.8) is 0 Å². The standard InChI is InChI=1S/C40H30O4/c1-27-19-23-29(24-20-27)39(31-11-3-7-15-35(31)41-36-16-8-4-12-32(36)39)43-44-40(30-25-21-28(2)22-26-30)33-13-5-9-17-37(33)42-38-18-10-6-14-34(38)40/h3-26H,1-2H3. The first-order valence-electron chi connectivity index (χ1n) is 14.8. The molecule has 0 spiro atoms. The van der Waals surface area contributed by atoms with Crippen molar-refractivity contribution < 1.29 is 19.2 Å². The van der Waals surface area contributed by atoms with Crippen molar-refractivity contribution in [2.75, 3.05) is 0 Å². The molecule has 44 heavy (non-hydrogen) atoms. The summed E-state index contributed by atoms with van der Waals surface area (Å²) in [6, 6.07) is 49.0. The summed E-state index contributed by atoms with van der Waals surface area (Å²) < 4.78 is 12.9. The Hall–Kier alpha value is -5.16. The van der Waals surface area contributed by atoms with Crippen LogP contribution in [-0.4, -0.2) is 0 Å². The van der Waals surface area contributed by atoms with E-state index in [1.165, 1.54) is 0 Å². The van der Waals surface area contributed by atoms with Crippen LogP contribution in [0.15, 0.2) is 146 Å². The average Bonchev–Trinajstić information content (AvgIpc) is 3.07. The molecule has 0 saturated heterocycles. The van der Waals surface area contributed by atoms with Gasteiger partial charge >= 0.3 is 0 Å². The Balaban J connectivity index is 1.41. The number of benzene rings is 6. The Kier molecular flexibility index (Phi) is 6.16. The van der Waals surface area contributed by atoms with Crippen molar-refractivity contribution >= 4 is 0 Å². The van der Waals surface area contributed by atoms with Crippen LogP contribution >= 0.6 is 0 Å². The normalized spacial score (nSPS) is 15.0. The van der Waals surface area contributed by atoms with E-state index in [9.17, 15) is 0 Å². The van der Waals surface area contributed by atoms with Gasteiger partial charge in [-0.15, -0.1) is 0 Å². The monoisotopic (exact) mass is 574 g/mol. The molecule has 0 fully saturated rings. The summed E-state index contributed by atoms with van der Waals surface area (Å²) in [5.74, 6) is 2.86. The highest BCUT2D eigenvalue weighted by atomic mass is 17.2. The molecular weight excluding hydrogens is 544 g/mol. The Bertz CT molecular complexity index is 1750. The molecule has 0 radical (unpaired) electrons. The average molecular weight is 575 g/mol. The van der Waals surface area contributed by atoms with Crippen LogP contribution in [-0.2, 0) is 21.0 Å². The molecule has 0 amide bonds. The van der Waals surface area contributed by atoms with Gasteiger partial charge in [0.1, 0.15) is 23.0 Å². The molecule has 0 atom stereocenters. The van der Waals surface area contributed by atoms with Gasteiger partial charge in [0.2, 0.25) is 0 Å². The molecule has 0 unspecified atom stereocenters. The summed E-state index contributed by atoms with van der Waals surface area (Å²) in [6.07, 6.45) is 0. The third-order valence-corrected chi connectivity index (χ3v) is 8.71. The van der Waals surface area contributed by atoms with Crippen molar-refractivity contribution in [1.29, 1.82) is 0 Å². The van der Waals surface area contributed by atoms with Crippen LogP contribution in [0.4, 0.5) is 0 Å². The number of aryl methyl sites for hydroxylation is 2. The maximum absolute atomic E-state index is 7.16. The molecule has 0 aromatic heterocycles. The van der Waals surface area contributed by atoms with Gasteiger partial charge in [-0.3, -0.25) is 0 Å². The van der Waals surface area contributed by atoms with E-state index in [-0.39, 0.29) is 0 Å². The Morgan fingerprint density at radius 1 is 0.364 bits per heavy atom. The highest BCUT2D eigenvalue weighted by Gasteiger charge is 2.52. The quantitative estimate of drug-likeness (QED) is 0.152. The fourth-order valence-corrected chi connectivity index (χ4v) is 6.51. The second kappa shape index (κ2) is 10.2. The molecule has 4 nitrogen and oxygen atoms in total. The predicted molar refractivity (Wildman–Crippen MR) is 170 cm³/mol. The van der Waals surface area contributed by atoms with Gasteiger partial charge in [0.25, 0.3) is 0 Å². The van der Waals surface area contributed by atoms with E-state index in [1.54, 1.807) is 0 Å². The van der Waals surface area contributed by atoms with Crippen LogP contribution in [0.5, 0.6) is 23.0 Å². The molecule has 6 aromatic rings. The maximum atomic E-state index is 7.16. The lowest BCUT2D eigenvalue weighted by Gasteiger charge is -2.44. The number of para-hydroxylation sites is 4. The molecule has 8 rings (SSSR count). The fourth-order valence-electron chi connectivity index (χ4n) is 6.51. The minimum Gasteiger partial charge on any atom is -0.457 e. The van der Waals surface area contributed by atoms with Crippen LogP contribution in [0.25, 0.3) is 0 Å². The van der Waals surface area contributed by atoms with E-state index in [0.717, 1.165) is 44.5 Å². The van der Waals surface area contributed by atoms with Crippen molar-refractivity contribution in [3.05, 3.63) is 190 Å². The molecule has 214 valence electrons. The number of rotatable bonds is 5. The van der Waals surface area contributed by atoms with Crippen molar-refractivity contribution in [2.24, 2.45) is 0 Å². The summed E-state index contributed by atoms with van der Waals surface area (Å²) in [6.45, 7) is 4.17. The van der Waals surface area contributed by atoms with E-state index in [1.807, 2.05) is 72.8 Å². The zero-order chi connectivity index (χ0) is 29.7. The molecular formula is C40H30O4. The molecule has 2 aliphatic rings. The van der Waals surface area contributed by atoms with Crippen molar-refractivity contribution in [2.45, 2.75) is 25.0 Å². The first-order chi connectivity index (χ1) is 21.6. The fraction of sp³-hybridized carbons (Fsp3) is 0.100. The highest BCUT2D eigenvalue weighted by molar-refractivity contribution is 5.63. The molecule has 0 N–H and O–H groups in total. The molecule has 2 heterocycles. The zero-order valence-electron chi connectivity index (χ0n) is 24.5. The maximum Gasteiger partial charge on any atom is 0.186 e. The molecule has 2 aliphatic heterocycles. The van der Waals surface area contributed by atoms with Gasteiger partial charge in [0, 0.05) is 22.3 Å². The summed E-state index contributed by atoms with van der Waals surface area (Å²) in [5, 5.41) is 0. The lowest BCUT2D eigenvalue weighted by atomic mass is 9.77. The zero-order valence-corrected chi connectivity index (χ0v) is 24.5. The number of hydrogen-bond donors (Lipinski definition) is 0. The second-order valence-corrected chi connectivity index (χ2v) is 11.4. The Morgan fingerprint density at radius 2 is 0.636 bits per heavy atom. The van der Waals surface area contributed by atoms with Crippen LogP contribution in [0.3, 0.4) is 0 Å². The van der Waals surface area contributed by atoms with Gasteiger partial charge in [-0.25, -0.2) is 9.78 Å². The smallest absolute Gasteiger partial charge is 0.186 e. The van der Waals surface area contributed by atoms with E-state index >= 15 is 0 Å². The topological polar surface area (TPSA) is 36.9 Å². The first kappa shape index (κ1) is 26.5. The first-order valence-corrected chi connectivity index (χ1v) is 14.8. The minimum absolute atomic E-state index is 0.715. The van der Waals surface area contributed by atoms with E-state index < -0.39 is 11.2 Å². The number of ether oxygens (including phenoxy) is 2. The molecule has 6 aromatic carbocycles. The lowest BCUT2D eigenvalue weighted by molar-refractivity contribution is -0.389. The van der Waals surface area contributed by atoms with Gasteiger partial charge in [-0.05, 0) is 49.2 Å². The van der Waals surface area contributed by atoms with Crippen LogP contribution in [0, 0.1) is 13.8 Å². The van der Waals surface area contributed by atoms with Crippen molar-refractivity contribution in [3.8, 4) is 23.0 Å². The Morgan fingerprint density at radius 3 is 0.932 bits per heavy atom. The third-order valence-electron chi connectivity index (χ3n) is 8.71. The summed E-state index contributed by atoms with van der Waals surface area (Å²) >= 11 is 0. The summed E-state index contributed by atoms with van der Waals surface area (Å²) in [4.78, 5) is 14.3. The lowest BCUT2D eigenvalue weighted by Crippen LogP contribution is -2.42. The minimum atomic E-state index is -1.15. The van der Waals surface area contributed by atoms with E-state index in [0.29, 0.717) is 23.0 Å². The summed E-state index contributed by atoms with van der Waals surface area (Å²) in [5.41, 5.74) is 5.29. The van der Waals surface area contributed by atoms with Gasteiger partial charge in [0.15, 0.2) is 11.2 Å². The SMILES string of the molecule is Cc1ccc(C2(OOC3(c4ccc(C)cc4)c4ccccc4Oc4ccccc43)c3ccccc3Oc3ccccc32)cc1. The largest absolute Gasteiger partial charge is 0.457 e. The molecule has 0 bridgehead atoms. The summed E-state index contributed by atoms with van der Waals surface area (Å²) in [7, 11) is 0. The van der Waals surface area contributed by atoms with Crippen LogP contribution in [0.1, 0.15) is 44.5 Å².